The van der Waals surface area contributed by atoms with Crippen molar-refractivity contribution in [3.05, 3.63) is 70.6 Å². The first-order valence-corrected chi connectivity index (χ1v) is 8.78. The minimum absolute atomic E-state index is 0.00891. The number of rotatable bonds is 2. The molecule has 1 atom stereocenters. The number of amides is 1. The number of carbonyl (C=O) groups excluding carboxylic acids is 1. The van der Waals surface area contributed by atoms with Crippen LogP contribution in [0.1, 0.15) is 17.3 Å². The molecule has 1 aliphatic heterocycles. The molecule has 5 heteroatoms. The van der Waals surface area contributed by atoms with Crippen molar-refractivity contribution in [1.29, 1.82) is 0 Å². The number of piperazine rings is 1. The van der Waals surface area contributed by atoms with Gasteiger partial charge in [0.2, 0.25) is 0 Å². The quantitative estimate of drug-likeness (QED) is 0.724. The lowest BCUT2D eigenvalue weighted by Gasteiger charge is -2.32. The van der Waals surface area contributed by atoms with Crippen molar-refractivity contribution >= 4 is 16.9 Å². The Hall–Kier alpha value is -2.92. The van der Waals surface area contributed by atoms with E-state index in [2.05, 4.69) is 12.2 Å². The van der Waals surface area contributed by atoms with Gasteiger partial charge in [-0.2, -0.15) is 0 Å². The molecule has 0 bridgehead atoms. The minimum atomic E-state index is -0.399. The summed E-state index contributed by atoms with van der Waals surface area (Å²) < 4.78 is 5.42. The highest BCUT2D eigenvalue weighted by molar-refractivity contribution is 5.95. The normalized spacial score (nSPS) is 17.4. The standard InChI is InChI=1S/C21H20N2O3/c1-14-13-23(10-9-22-14)20(24)17-7-4-6-15(11-17)18-12-16-5-2-3-8-19(16)26-21(18)25/h2-8,11-12,14,22H,9-10,13H2,1H3. The topological polar surface area (TPSA) is 62.6 Å². The monoisotopic (exact) mass is 348 g/mol. The van der Waals surface area contributed by atoms with E-state index in [9.17, 15) is 9.59 Å². The van der Waals surface area contributed by atoms with Gasteiger partial charge in [0.05, 0.1) is 5.56 Å². The molecule has 1 unspecified atom stereocenters. The summed E-state index contributed by atoms with van der Waals surface area (Å²) in [6, 6.07) is 16.7. The van der Waals surface area contributed by atoms with E-state index in [1.807, 2.05) is 41.3 Å². The van der Waals surface area contributed by atoms with Gasteiger partial charge in [-0.3, -0.25) is 4.79 Å². The van der Waals surface area contributed by atoms with Crippen molar-refractivity contribution < 1.29 is 9.21 Å². The maximum absolute atomic E-state index is 12.8. The number of para-hydroxylation sites is 1. The van der Waals surface area contributed by atoms with Crippen molar-refractivity contribution in [3.8, 4) is 11.1 Å². The molecule has 1 saturated heterocycles. The van der Waals surface area contributed by atoms with Gasteiger partial charge in [0.15, 0.2) is 0 Å². The molecule has 132 valence electrons. The van der Waals surface area contributed by atoms with Crippen LogP contribution in [0.5, 0.6) is 0 Å². The fourth-order valence-corrected chi connectivity index (χ4v) is 3.38. The average molecular weight is 348 g/mol. The number of fused-ring (bicyclic) bond motifs is 1. The highest BCUT2D eigenvalue weighted by Gasteiger charge is 2.22. The maximum atomic E-state index is 12.8. The Morgan fingerprint density at radius 3 is 2.85 bits per heavy atom. The van der Waals surface area contributed by atoms with E-state index in [0.717, 1.165) is 11.9 Å². The number of nitrogens with one attached hydrogen (secondary N) is 1. The Bertz CT molecular complexity index is 1020. The molecule has 26 heavy (non-hydrogen) atoms. The highest BCUT2D eigenvalue weighted by atomic mass is 16.4. The molecule has 4 rings (SSSR count). The molecule has 1 fully saturated rings. The molecule has 2 aromatic carbocycles. The molecular formula is C21H20N2O3. The van der Waals surface area contributed by atoms with Gasteiger partial charge in [0.1, 0.15) is 5.58 Å². The molecule has 1 aliphatic rings. The SMILES string of the molecule is CC1CN(C(=O)c2cccc(-c3cc4ccccc4oc3=O)c2)CCN1. The van der Waals surface area contributed by atoms with Gasteiger partial charge in [-0.05, 0) is 36.8 Å². The summed E-state index contributed by atoms with van der Waals surface area (Å²) in [7, 11) is 0. The van der Waals surface area contributed by atoms with Crippen LogP contribution in [0, 0.1) is 0 Å². The van der Waals surface area contributed by atoms with Crippen LogP contribution >= 0.6 is 0 Å². The van der Waals surface area contributed by atoms with E-state index < -0.39 is 5.63 Å². The minimum Gasteiger partial charge on any atom is -0.422 e. The Labute approximate surface area is 151 Å². The zero-order chi connectivity index (χ0) is 18.1. The third kappa shape index (κ3) is 3.13. The lowest BCUT2D eigenvalue weighted by Crippen LogP contribution is -2.51. The van der Waals surface area contributed by atoms with Gasteiger partial charge in [-0.25, -0.2) is 4.79 Å². The van der Waals surface area contributed by atoms with Gasteiger partial charge in [-0.15, -0.1) is 0 Å². The van der Waals surface area contributed by atoms with Crippen LogP contribution in [0.2, 0.25) is 0 Å². The molecule has 5 nitrogen and oxygen atoms in total. The van der Waals surface area contributed by atoms with Crippen LogP contribution in [-0.2, 0) is 0 Å². The predicted molar refractivity (Wildman–Crippen MR) is 101 cm³/mol. The van der Waals surface area contributed by atoms with Crippen molar-refractivity contribution in [3.63, 3.8) is 0 Å². The summed E-state index contributed by atoms with van der Waals surface area (Å²) in [5.41, 5.74) is 1.90. The molecular weight excluding hydrogens is 328 g/mol. The van der Waals surface area contributed by atoms with Gasteiger partial charge in [-0.1, -0.05) is 30.3 Å². The summed E-state index contributed by atoms with van der Waals surface area (Å²) in [5, 5.41) is 4.19. The van der Waals surface area contributed by atoms with E-state index in [1.165, 1.54) is 0 Å². The van der Waals surface area contributed by atoms with Crippen molar-refractivity contribution in [1.82, 2.24) is 10.2 Å². The van der Waals surface area contributed by atoms with Crippen LogP contribution < -0.4 is 10.9 Å². The summed E-state index contributed by atoms with van der Waals surface area (Å²) in [6.45, 7) is 4.23. The highest BCUT2D eigenvalue weighted by Crippen LogP contribution is 2.22. The van der Waals surface area contributed by atoms with Crippen molar-refractivity contribution in [2.24, 2.45) is 0 Å². The largest absolute Gasteiger partial charge is 0.422 e. The van der Waals surface area contributed by atoms with E-state index in [-0.39, 0.29) is 11.9 Å². The van der Waals surface area contributed by atoms with Gasteiger partial charge in [0.25, 0.3) is 5.91 Å². The molecule has 1 aromatic heterocycles. The maximum Gasteiger partial charge on any atom is 0.344 e. The first kappa shape index (κ1) is 16.5. The molecule has 0 radical (unpaired) electrons. The van der Waals surface area contributed by atoms with E-state index >= 15 is 0 Å². The number of benzene rings is 2. The van der Waals surface area contributed by atoms with Crippen molar-refractivity contribution in [2.75, 3.05) is 19.6 Å². The Balaban J connectivity index is 1.71. The van der Waals surface area contributed by atoms with E-state index in [0.29, 0.717) is 35.4 Å². The van der Waals surface area contributed by atoms with Crippen LogP contribution in [-0.4, -0.2) is 36.5 Å². The van der Waals surface area contributed by atoms with Crippen LogP contribution in [0.25, 0.3) is 22.1 Å². The molecule has 1 N–H and O–H groups in total. The van der Waals surface area contributed by atoms with Crippen LogP contribution in [0.15, 0.2) is 63.8 Å². The second-order valence-electron chi connectivity index (χ2n) is 6.67. The molecule has 2 heterocycles. The second-order valence-corrected chi connectivity index (χ2v) is 6.67. The fraction of sp³-hybridized carbons (Fsp3) is 0.238. The molecule has 0 saturated carbocycles. The number of carbonyl (C=O) groups is 1. The van der Waals surface area contributed by atoms with E-state index in [4.69, 9.17) is 4.42 Å². The zero-order valence-electron chi connectivity index (χ0n) is 14.6. The zero-order valence-corrected chi connectivity index (χ0v) is 14.6. The van der Waals surface area contributed by atoms with Crippen LogP contribution in [0.4, 0.5) is 0 Å². The fourth-order valence-electron chi connectivity index (χ4n) is 3.38. The lowest BCUT2D eigenvalue weighted by atomic mass is 10.0. The summed E-state index contributed by atoms with van der Waals surface area (Å²) in [4.78, 5) is 27.1. The predicted octanol–water partition coefficient (Wildman–Crippen LogP) is 2.89. The summed E-state index contributed by atoms with van der Waals surface area (Å²) in [5.74, 6) is -0.00891. The van der Waals surface area contributed by atoms with Crippen LogP contribution in [0.3, 0.4) is 0 Å². The summed E-state index contributed by atoms with van der Waals surface area (Å²) >= 11 is 0. The molecule has 3 aromatic rings. The first-order chi connectivity index (χ1) is 12.6. The third-order valence-electron chi connectivity index (χ3n) is 4.72. The average Bonchev–Trinajstić information content (AvgIpc) is 2.67. The number of hydrogen-bond acceptors (Lipinski definition) is 4. The van der Waals surface area contributed by atoms with Gasteiger partial charge in [0, 0.05) is 36.6 Å². The number of nitrogens with zero attached hydrogens (tertiary/aromatic N) is 1. The lowest BCUT2D eigenvalue weighted by molar-refractivity contribution is 0.0709. The number of hydrogen-bond donors (Lipinski definition) is 1. The first-order valence-electron chi connectivity index (χ1n) is 8.78. The molecule has 0 spiro atoms. The smallest absolute Gasteiger partial charge is 0.344 e. The van der Waals surface area contributed by atoms with Gasteiger partial charge < -0.3 is 14.6 Å². The molecule has 0 aliphatic carbocycles. The summed E-state index contributed by atoms with van der Waals surface area (Å²) in [6.07, 6.45) is 0. The second kappa shape index (κ2) is 6.77. The Morgan fingerprint density at radius 1 is 1.15 bits per heavy atom. The Kier molecular flexibility index (Phi) is 4.31. The van der Waals surface area contributed by atoms with Crippen molar-refractivity contribution in [2.45, 2.75) is 13.0 Å². The van der Waals surface area contributed by atoms with Gasteiger partial charge >= 0.3 is 5.63 Å². The van der Waals surface area contributed by atoms with E-state index in [1.54, 1.807) is 18.2 Å². The molecule has 1 amide bonds. The Morgan fingerprint density at radius 2 is 2.00 bits per heavy atom. The third-order valence-corrected chi connectivity index (χ3v) is 4.72.